The average molecular weight is 638 g/mol. The van der Waals surface area contributed by atoms with Crippen LogP contribution in [0.3, 0.4) is 0 Å². The Kier molecular flexibility index (Phi) is 8.20. The minimum absolute atomic E-state index is 0.00424. The monoisotopic (exact) mass is 637 g/mol. The highest BCUT2D eigenvalue weighted by Crippen LogP contribution is 2.64. The number of halogens is 3. The number of alkyl halides is 3. The fourth-order valence-corrected chi connectivity index (χ4v) is 9.11. The Morgan fingerprint density at radius 2 is 1.84 bits per heavy atom. The van der Waals surface area contributed by atoms with E-state index < -0.39 is 79.9 Å². The summed E-state index contributed by atoms with van der Waals surface area (Å²) in [4.78, 5) is 30.0. The summed E-state index contributed by atoms with van der Waals surface area (Å²) in [5, 5.41) is 12.5. The number of allylic oxidation sites excluding steroid dienone is 1. The molecule has 14 heteroatoms. The van der Waals surface area contributed by atoms with Gasteiger partial charge in [-0.1, -0.05) is 31.9 Å². The molecule has 2 heterocycles. The summed E-state index contributed by atoms with van der Waals surface area (Å²) < 4.78 is 88.1. The van der Waals surface area contributed by atoms with Crippen LogP contribution in [0.1, 0.15) is 66.7 Å². The predicted molar refractivity (Wildman–Crippen MR) is 146 cm³/mol. The van der Waals surface area contributed by atoms with Crippen LogP contribution in [0.2, 0.25) is 0 Å². The van der Waals surface area contributed by atoms with Gasteiger partial charge in [-0.2, -0.15) is 21.6 Å². The Hall–Kier alpha value is -1.58. The van der Waals surface area contributed by atoms with Gasteiger partial charge in [0.15, 0.2) is 5.60 Å². The van der Waals surface area contributed by atoms with Gasteiger partial charge in [0.05, 0.1) is 42.9 Å². The van der Waals surface area contributed by atoms with E-state index in [1.54, 1.807) is 6.92 Å². The molecule has 2 aliphatic heterocycles. The first-order valence-corrected chi connectivity index (χ1v) is 16.3. The first-order chi connectivity index (χ1) is 19.8. The molecular weight excluding hydrogens is 595 g/mol. The molecule has 2 saturated heterocycles. The highest BCUT2D eigenvalue weighted by molar-refractivity contribution is 7.87. The van der Waals surface area contributed by atoms with E-state index in [0.29, 0.717) is 44.7 Å². The number of carbonyl (C=O) groups is 2. The van der Waals surface area contributed by atoms with Gasteiger partial charge < -0.3 is 19.3 Å². The van der Waals surface area contributed by atoms with Gasteiger partial charge in [0.2, 0.25) is 0 Å². The van der Waals surface area contributed by atoms with Gasteiger partial charge in [-0.25, -0.2) is 0 Å². The zero-order chi connectivity index (χ0) is 31.8. The molecule has 5 aliphatic rings. The fraction of sp³-hybridized carbons (Fsp3) is 0.862. The van der Waals surface area contributed by atoms with Gasteiger partial charge in [-0.05, 0) is 33.1 Å². The van der Waals surface area contributed by atoms with Crippen molar-refractivity contribution in [3.8, 4) is 0 Å². The molecule has 244 valence electrons. The molecule has 0 aromatic carbocycles. The molecular formula is C29H42F3NO9S. The molecule has 3 aliphatic carbocycles. The fourth-order valence-electron chi connectivity index (χ4n) is 8.42. The average Bonchev–Trinajstić information content (AvgIpc) is 2.92. The number of ether oxygens (including phenoxy) is 3. The van der Waals surface area contributed by atoms with Crippen molar-refractivity contribution in [2.45, 2.75) is 95.6 Å². The highest BCUT2D eigenvalue weighted by Gasteiger charge is 2.74. The lowest BCUT2D eigenvalue weighted by Crippen LogP contribution is -2.77. The molecule has 2 saturated carbocycles. The van der Waals surface area contributed by atoms with Crippen LogP contribution < -0.4 is 0 Å². The Morgan fingerprint density at radius 3 is 2.40 bits per heavy atom. The summed E-state index contributed by atoms with van der Waals surface area (Å²) in [5.41, 5.74) is -9.87. The van der Waals surface area contributed by atoms with E-state index in [1.165, 1.54) is 6.92 Å². The van der Waals surface area contributed by atoms with E-state index >= 15 is 4.79 Å². The summed E-state index contributed by atoms with van der Waals surface area (Å²) in [6, 6.07) is 0. The van der Waals surface area contributed by atoms with E-state index in [-0.39, 0.29) is 26.0 Å². The largest absolute Gasteiger partial charge is 0.523 e. The smallest absolute Gasteiger partial charge is 0.453 e. The lowest BCUT2D eigenvalue weighted by molar-refractivity contribution is -0.325. The minimum Gasteiger partial charge on any atom is -0.453 e. The van der Waals surface area contributed by atoms with Crippen LogP contribution in [0.15, 0.2) is 11.1 Å². The highest BCUT2D eigenvalue weighted by atomic mass is 32.2. The number of rotatable bonds is 6. The lowest BCUT2D eigenvalue weighted by Gasteiger charge is -2.66. The van der Waals surface area contributed by atoms with Crippen molar-refractivity contribution in [1.82, 2.24) is 4.90 Å². The zero-order valence-electron chi connectivity index (χ0n) is 25.3. The van der Waals surface area contributed by atoms with Gasteiger partial charge in [-0.15, -0.1) is 0 Å². The summed E-state index contributed by atoms with van der Waals surface area (Å²) in [6.45, 7) is 10.7. The molecule has 43 heavy (non-hydrogen) atoms. The van der Waals surface area contributed by atoms with E-state index in [4.69, 9.17) is 18.4 Å². The SMILES string of the molecule is CCC(=O)O[C@@]12CO[C@@H]1C[C@H](OS(=O)(=O)C(F)(F)F)[C@@]1(C)C(=O)C(CN3CCOCC3)C3=C(C)CC[C@@](O)(CC12)C3(C)C. The number of Topliss-reactive ketones (excluding diaryl/α,β-unsaturated/α-hetero) is 1. The number of hydrogen-bond acceptors (Lipinski definition) is 10. The first-order valence-electron chi connectivity index (χ1n) is 14.9. The molecule has 10 nitrogen and oxygen atoms in total. The maximum absolute atomic E-state index is 15.2. The molecule has 7 atom stereocenters. The van der Waals surface area contributed by atoms with Gasteiger partial charge in [0.1, 0.15) is 11.9 Å². The van der Waals surface area contributed by atoms with Crippen molar-refractivity contribution in [2.24, 2.45) is 22.7 Å². The number of hydrogen-bond donors (Lipinski definition) is 1. The van der Waals surface area contributed by atoms with Crippen molar-refractivity contribution in [3.63, 3.8) is 0 Å². The van der Waals surface area contributed by atoms with Gasteiger partial charge in [0.25, 0.3) is 0 Å². The van der Waals surface area contributed by atoms with Crippen LogP contribution in [0, 0.1) is 22.7 Å². The maximum atomic E-state index is 15.2. The Balaban J connectivity index is 1.73. The van der Waals surface area contributed by atoms with E-state index in [2.05, 4.69) is 0 Å². The third-order valence-corrected chi connectivity index (χ3v) is 12.1. The Labute approximate surface area is 250 Å². The van der Waals surface area contributed by atoms with Crippen LogP contribution in [-0.4, -0.2) is 98.6 Å². The number of esters is 1. The number of nitrogens with zero attached hydrogens (tertiary/aromatic N) is 1. The molecule has 0 aromatic heterocycles. The lowest BCUT2D eigenvalue weighted by atomic mass is 9.45. The Bertz CT molecular complexity index is 1290. The van der Waals surface area contributed by atoms with E-state index in [0.717, 1.165) is 5.57 Å². The second-order valence-electron chi connectivity index (χ2n) is 13.5. The van der Waals surface area contributed by atoms with Crippen molar-refractivity contribution in [1.29, 1.82) is 0 Å². The van der Waals surface area contributed by atoms with Crippen molar-refractivity contribution < 1.29 is 54.7 Å². The third kappa shape index (κ3) is 4.98. The van der Waals surface area contributed by atoms with Crippen LogP contribution in [0.4, 0.5) is 13.2 Å². The first kappa shape index (κ1) is 32.8. The quantitative estimate of drug-likeness (QED) is 0.201. The second-order valence-corrected chi connectivity index (χ2v) is 15.1. The second kappa shape index (κ2) is 10.8. The normalized spacial score (nSPS) is 40.1. The summed E-state index contributed by atoms with van der Waals surface area (Å²) in [6.07, 6.45) is -2.57. The molecule has 2 bridgehead atoms. The number of fused-ring (bicyclic) bond motifs is 5. The molecule has 0 amide bonds. The molecule has 0 spiro atoms. The summed E-state index contributed by atoms with van der Waals surface area (Å²) in [7, 11) is -6.12. The summed E-state index contributed by atoms with van der Waals surface area (Å²) >= 11 is 0. The van der Waals surface area contributed by atoms with Gasteiger partial charge >= 0.3 is 21.6 Å². The van der Waals surface area contributed by atoms with Crippen molar-refractivity contribution >= 4 is 21.9 Å². The molecule has 0 aromatic rings. The number of aliphatic hydroxyl groups is 1. The molecule has 4 fully saturated rings. The number of morpholine rings is 1. The molecule has 2 unspecified atom stereocenters. The molecule has 1 N–H and O–H groups in total. The molecule has 0 radical (unpaired) electrons. The topological polar surface area (TPSA) is 129 Å². The van der Waals surface area contributed by atoms with Gasteiger partial charge in [-0.3, -0.25) is 18.7 Å². The Morgan fingerprint density at radius 1 is 1.19 bits per heavy atom. The van der Waals surface area contributed by atoms with E-state index in [9.17, 15) is 31.5 Å². The zero-order valence-corrected chi connectivity index (χ0v) is 26.1. The number of ketones is 1. The minimum atomic E-state index is -6.12. The van der Waals surface area contributed by atoms with Crippen molar-refractivity contribution in [2.75, 3.05) is 39.5 Å². The maximum Gasteiger partial charge on any atom is 0.523 e. The van der Waals surface area contributed by atoms with Gasteiger partial charge in [0, 0.05) is 43.8 Å². The predicted octanol–water partition coefficient (Wildman–Crippen LogP) is 3.13. The van der Waals surface area contributed by atoms with Crippen LogP contribution in [-0.2, 0) is 38.1 Å². The third-order valence-electron chi connectivity index (χ3n) is 11.1. The standard InChI is InChI=1S/C29H42F3NO9S/c1-6-22(34)41-28-16-40-21(28)13-20(42-43(37,38)29(30,31)32)26(5)19(28)14-27(36)8-7-17(2)23(25(27,3)4)18(24(26)35)15-33-9-11-39-12-10-33/h18-21,36H,6-16H2,1-5H3/t18?,19?,20-,21+,26-,27+,28+/m0/s1. The number of carbonyl (C=O) groups excluding carboxylic acids is 2. The van der Waals surface area contributed by atoms with Crippen LogP contribution >= 0.6 is 0 Å². The van der Waals surface area contributed by atoms with E-state index in [1.807, 2.05) is 25.7 Å². The van der Waals surface area contributed by atoms with Crippen LogP contribution in [0.25, 0.3) is 0 Å². The molecule has 5 rings (SSSR count). The van der Waals surface area contributed by atoms with Crippen molar-refractivity contribution in [3.05, 3.63) is 11.1 Å². The summed E-state index contributed by atoms with van der Waals surface area (Å²) in [5.74, 6) is -3.08. The van der Waals surface area contributed by atoms with Crippen LogP contribution in [0.5, 0.6) is 0 Å².